The number of carbonyl (C=O) groups excluding carboxylic acids is 1. The quantitative estimate of drug-likeness (QED) is 0.777. The van der Waals surface area contributed by atoms with Crippen molar-refractivity contribution in [1.29, 1.82) is 0 Å². The largest absolute Gasteiger partial charge is 0.444 e. The van der Waals surface area contributed by atoms with Gasteiger partial charge in [0.25, 0.3) is 0 Å². The topological polar surface area (TPSA) is 55.3 Å². The van der Waals surface area contributed by atoms with Crippen molar-refractivity contribution in [3.8, 4) is 0 Å². The molecule has 1 amide bonds. The van der Waals surface area contributed by atoms with Crippen LogP contribution in [0.25, 0.3) is 0 Å². The van der Waals surface area contributed by atoms with Crippen molar-refractivity contribution in [2.75, 3.05) is 4.90 Å². The zero-order valence-electron chi connectivity index (χ0n) is 10.2. The Morgan fingerprint density at radius 1 is 1.56 bits per heavy atom. The molecule has 0 saturated carbocycles. The van der Waals surface area contributed by atoms with E-state index in [0.29, 0.717) is 0 Å². The molecule has 0 aromatic carbocycles. The molecular weight excluding hydrogens is 261 g/mol. The van der Waals surface area contributed by atoms with Crippen LogP contribution >= 0.6 is 11.6 Å². The van der Waals surface area contributed by atoms with Crippen LogP contribution in [-0.2, 0) is 4.74 Å². The van der Waals surface area contributed by atoms with Crippen molar-refractivity contribution < 1.29 is 13.9 Å². The van der Waals surface area contributed by atoms with Gasteiger partial charge in [0, 0.05) is 0 Å². The van der Waals surface area contributed by atoms with E-state index < -0.39 is 11.9 Å². The zero-order chi connectivity index (χ0) is 13.4. The van der Waals surface area contributed by atoms with Crippen LogP contribution in [0.2, 0.25) is 5.28 Å². The summed E-state index contributed by atoms with van der Waals surface area (Å²) in [6.07, 6.45) is -0.00120. The highest BCUT2D eigenvalue weighted by atomic mass is 35.5. The molecule has 2 rings (SSSR count). The maximum Gasteiger partial charge on any atom is 0.416 e. The molecule has 5 nitrogen and oxygen atoms in total. The fourth-order valence-corrected chi connectivity index (χ4v) is 2.32. The molecule has 0 spiro atoms. The van der Waals surface area contributed by atoms with Crippen LogP contribution in [0.15, 0.2) is 6.20 Å². The lowest BCUT2D eigenvalue weighted by Crippen LogP contribution is -2.41. The molecule has 1 saturated heterocycles. The van der Waals surface area contributed by atoms with Crippen LogP contribution in [0.5, 0.6) is 0 Å². The van der Waals surface area contributed by atoms with Crippen molar-refractivity contribution in [2.45, 2.75) is 32.9 Å². The van der Waals surface area contributed by atoms with E-state index in [-0.39, 0.29) is 29.2 Å². The Hall–Kier alpha value is -1.43. The standard InChI is InChI=1S/C11H13ClFN3O2/c1-5(2)8-6(3)18-11(17)16(8)9-7(13)4-14-10(12)15-9/h4-6,8H,1-3H3. The van der Waals surface area contributed by atoms with Crippen LogP contribution in [0.4, 0.5) is 15.0 Å². The Kier molecular flexibility index (Phi) is 3.38. The molecular formula is C11H13ClFN3O2. The average Bonchev–Trinajstić information content (AvgIpc) is 2.57. The fraction of sp³-hybridized carbons (Fsp3) is 0.545. The third-order valence-electron chi connectivity index (χ3n) is 2.87. The molecule has 1 aromatic heterocycles. The van der Waals surface area contributed by atoms with Crippen LogP contribution in [0.3, 0.4) is 0 Å². The molecule has 0 bridgehead atoms. The minimum absolute atomic E-state index is 0.0968. The summed E-state index contributed by atoms with van der Waals surface area (Å²) in [6.45, 7) is 5.62. The Morgan fingerprint density at radius 2 is 2.22 bits per heavy atom. The van der Waals surface area contributed by atoms with Gasteiger partial charge in [0.1, 0.15) is 6.10 Å². The summed E-state index contributed by atoms with van der Waals surface area (Å²) in [4.78, 5) is 20.3. The highest BCUT2D eigenvalue weighted by Gasteiger charge is 2.43. The van der Waals surface area contributed by atoms with E-state index in [1.807, 2.05) is 13.8 Å². The second-order valence-corrected chi connectivity index (χ2v) is 4.84. The molecule has 18 heavy (non-hydrogen) atoms. The third kappa shape index (κ3) is 2.12. The van der Waals surface area contributed by atoms with E-state index in [1.54, 1.807) is 6.92 Å². The highest BCUT2D eigenvalue weighted by molar-refractivity contribution is 6.28. The maximum atomic E-state index is 13.7. The Bertz CT molecular complexity index is 483. The second-order valence-electron chi connectivity index (χ2n) is 4.50. The number of cyclic esters (lactones) is 1. The van der Waals surface area contributed by atoms with E-state index in [0.717, 1.165) is 6.20 Å². The minimum atomic E-state index is -0.698. The molecule has 1 aromatic rings. The Labute approximate surface area is 109 Å². The molecule has 0 N–H and O–H groups in total. The van der Waals surface area contributed by atoms with Gasteiger partial charge in [0.15, 0.2) is 11.6 Å². The molecule has 0 aliphatic carbocycles. The maximum absolute atomic E-state index is 13.7. The molecule has 2 atom stereocenters. The van der Waals surface area contributed by atoms with Gasteiger partial charge in [-0.15, -0.1) is 0 Å². The first kappa shape index (κ1) is 13.0. The summed E-state index contributed by atoms with van der Waals surface area (Å²) in [5, 5.41) is -0.110. The summed E-state index contributed by atoms with van der Waals surface area (Å²) < 4.78 is 18.8. The van der Waals surface area contributed by atoms with E-state index in [2.05, 4.69) is 9.97 Å². The predicted molar refractivity (Wildman–Crippen MR) is 64.0 cm³/mol. The molecule has 98 valence electrons. The SMILES string of the molecule is CC(C)C1C(C)OC(=O)N1c1nc(Cl)ncc1F. The predicted octanol–water partition coefficient (Wildman–Crippen LogP) is 2.64. The number of hydrogen-bond acceptors (Lipinski definition) is 4. The first-order valence-electron chi connectivity index (χ1n) is 5.59. The lowest BCUT2D eigenvalue weighted by molar-refractivity contribution is 0.136. The van der Waals surface area contributed by atoms with Gasteiger partial charge in [-0.25, -0.2) is 14.2 Å². The summed E-state index contributed by atoms with van der Waals surface area (Å²) >= 11 is 5.64. The van der Waals surface area contributed by atoms with Crippen molar-refractivity contribution in [3.05, 3.63) is 17.3 Å². The second kappa shape index (κ2) is 4.68. The summed E-state index contributed by atoms with van der Waals surface area (Å²) in [6, 6.07) is -0.280. The lowest BCUT2D eigenvalue weighted by atomic mass is 9.99. The number of aromatic nitrogens is 2. The molecule has 0 radical (unpaired) electrons. The normalized spacial score (nSPS) is 23.7. The van der Waals surface area contributed by atoms with Gasteiger partial charge in [-0.1, -0.05) is 13.8 Å². The van der Waals surface area contributed by atoms with Crippen molar-refractivity contribution in [3.63, 3.8) is 0 Å². The molecule has 1 aliphatic heterocycles. The van der Waals surface area contributed by atoms with Gasteiger partial charge in [-0.05, 0) is 24.4 Å². The van der Waals surface area contributed by atoms with Gasteiger partial charge in [0.2, 0.25) is 5.28 Å². The Morgan fingerprint density at radius 3 is 2.83 bits per heavy atom. The van der Waals surface area contributed by atoms with Crippen molar-refractivity contribution >= 4 is 23.5 Å². The molecule has 2 heterocycles. The van der Waals surface area contributed by atoms with E-state index in [9.17, 15) is 9.18 Å². The number of carbonyl (C=O) groups is 1. The molecule has 2 unspecified atom stereocenters. The molecule has 1 fully saturated rings. The number of anilines is 1. The number of halogens is 2. The molecule has 1 aliphatic rings. The highest BCUT2D eigenvalue weighted by Crippen LogP contribution is 2.31. The summed E-state index contributed by atoms with van der Waals surface area (Å²) in [5.41, 5.74) is 0. The van der Waals surface area contributed by atoms with Crippen molar-refractivity contribution in [2.24, 2.45) is 5.92 Å². The van der Waals surface area contributed by atoms with Crippen LogP contribution in [0.1, 0.15) is 20.8 Å². The van der Waals surface area contributed by atoms with Gasteiger partial charge < -0.3 is 4.74 Å². The number of amides is 1. The van der Waals surface area contributed by atoms with Gasteiger partial charge in [0.05, 0.1) is 12.2 Å². The van der Waals surface area contributed by atoms with E-state index in [1.165, 1.54) is 4.90 Å². The third-order valence-corrected chi connectivity index (χ3v) is 3.05. The van der Waals surface area contributed by atoms with Crippen LogP contribution < -0.4 is 4.90 Å². The average molecular weight is 274 g/mol. The summed E-state index contributed by atoms with van der Waals surface area (Å²) in [5.74, 6) is -0.737. The van der Waals surface area contributed by atoms with Gasteiger partial charge in [-0.3, -0.25) is 4.90 Å². The monoisotopic (exact) mass is 273 g/mol. The van der Waals surface area contributed by atoms with E-state index in [4.69, 9.17) is 16.3 Å². The smallest absolute Gasteiger partial charge is 0.416 e. The first-order valence-corrected chi connectivity index (χ1v) is 5.97. The van der Waals surface area contributed by atoms with Crippen molar-refractivity contribution in [1.82, 2.24) is 9.97 Å². The number of nitrogens with zero attached hydrogens (tertiary/aromatic N) is 3. The number of hydrogen-bond donors (Lipinski definition) is 0. The fourth-order valence-electron chi connectivity index (χ4n) is 2.19. The van der Waals surface area contributed by atoms with E-state index >= 15 is 0 Å². The number of rotatable bonds is 2. The minimum Gasteiger partial charge on any atom is -0.444 e. The van der Waals surface area contributed by atoms with Gasteiger partial charge >= 0.3 is 6.09 Å². The number of ether oxygens (including phenoxy) is 1. The van der Waals surface area contributed by atoms with Crippen LogP contribution in [-0.4, -0.2) is 28.2 Å². The zero-order valence-corrected chi connectivity index (χ0v) is 11.0. The first-order chi connectivity index (χ1) is 8.41. The van der Waals surface area contributed by atoms with Gasteiger partial charge in [-0.2, -0.15) is 4.98 Å². The molecule has 7 heteroatoms. The lowest BCUT2D eigenvalue weighted by Gasteiger charge is -2.25. The van der Waals surface area contributed by atoms with Crippen LogP contribution in [0, 0.1) is 11.7 Å². The Balaban J connectivity index is 2.47. The summed E-state index contributed by atoms with van der Waals surface area (Å²) in [7, 11) is 0.